The van der Waals surface area contributed by atoms with E-state index in [-0.39, 0.29) is 23.7 Å². The minimum Gasteiger partial charge on any atom is -0.480 e. The van der Waals surface area contributed by atoms with E-state index in [1.807, 2.05) is 13.8 Å². The van der Waals surface area contributed by atoms with Crippen LogP contribution in [0, 0.1) is 11.7 Å². The molecule has 0 saturated heterocycles. The molecule has 0 saturated carbocycles. The van der Waals surface area contributed by atoms with Crippen molar-refractivity contribution in [3.63, 3.8) is 0 Å². The van der Waals surface area contributed by atoms with Crippen LogP contribution in [0.15, 0.2) is 18.2 Å². The molecular formula is C17H24FNO5. The lowest BCUT2D eigenvalue weighted by Crippen LogP contribution is -2.41. The summed E-state index contributed by atoms with van der Waals surface area (Å²) in [6.07, 6.45) is 0.315. The van der Waals surface area contributed by atoms with Crippen LogP contribution in [0.1, 0.15) is 36.2 Å². The fraction of sp³-hybridized carbons (Fsp3) is 0.529. The lowest BCUT2D eigenvalue weighted by molar-refractivity contribution is -0.139. The zero-order valence-electron chi connectivity index (χ0n) is 14.2. The molecule has 134 valence electrons. The largest absolute Gasteiger partial charge is 0.480 e. The highest BCUT2D eigenvalue weighted by Gasteiger charge is 2.22. The van der Waals surface area contributed by atoms with Gasteiger partial charge in [0.1, 0.15) is 11.9 Å². The average Bonchev–Trinajstić information content (AvgIpc) is 2.51. The number of ether oxygens (including phenoxy) is 2. The summed E-state index contributed by atoms with van der Waals surface area (Å²) in [7, 11) is 1.53. The maximum absolute atomic E-state index is 13.8. The highest BCUT2D eigenvalue weighted by Crippen LogP contribution is 2.13. The third kappa shape index (κ3) is 6.64. The van der Waals surface area contributed by atoms with Gasteiger partial charge < -0.3 is 19.9 Å². The zero-order valence-corrected chi connectivity index (χ0v) is 14.2. The Morgan fingerprint density at radius 1 is 1.29 bits per heavy atom. The van der Waals surface area contributed by atoms with Crippen LogP contribution in [0.5, 0.6) is 0 Å². The molecule has 0 aromatic heterocycles. The van der Waals surface area contributed by atoms with Crippen molar-refractivity contribution in [1.29, 1.82) is 0 Å². The van der Waals surface area contributed by atoms with Gasteiger partial charge in [-0.1, -0.05) is 13.8 Å². The maximum atomic E-state index is 13.8. The Balaban J connectivity index is 2.77. The van der Waals surface area contributed by atoms with Crippen molar-refractivity contribution in [2.75, 3.05) is 20.3 Å². The van der Waals surface area contributed by atoms with E-state index in [0.717, 1.165) is 0 Å². The van der Waals surface area contributed by atoms with Crippen molar-refractivity contribution in [3.8, 4) is 0 Å². The molecule has 2 N–H and O–H groups in total. The lowest BCUT2D eigenvalue weighted by Gasteiger charge is -2.17. The summed E-state index contributed by atoms with van der Waals surface area (Å²) in [5, 5.41) is 11.6. The van der Waals surface area contributed by atoms with E-state index in [9.17, 15) is 19.1 Å². The summed E-state index contributed by atoms with van der Waals surface area (Å²) < 4.78 is 23.9. The Morgan fingerprint density at radius 2 is 2.00 bits per heavy atom. The predicted octanol–water partition coefficient (Wildman–Crippen LogP) is 2.22. The van der Waals surface area contributed by atoms with Crippen LogP contribution in [0.25, 0.3) is 0 Å². The van der Waals surface area contributed by atoms with Crippen LogP contribution in [-0.4, -0.2) is 43.3 Å². The molecule has 0 spiro atoms. The van der Waals surface area contributed by atoms with E-state index in [1.54, 1.807) is 0 Å². The van der Waals surface area contributed by atoms with Gasteiger partial charge in [0.15, 0.2) is 0 Å². The molecule has 0 aliphatic carbocycles. The molecule has 0 fully saturated rings. The van der Waals surface area contributed by atoms with E-state index in [0.29, 0.717) is 19.6 Å². The molecule has 24 heavy (non-hydrogen) atoms. The number of carboxylic acids is 1. The Kier molecular flexibility index (Phi) is 8.35. The van der Waals surface area contributed by atoms with Crippen molar-refractivity contribution < 1.29 is 28.6 Å². The fourth-order valence-corrected chi connectivity index (χ4v) is 2.09. The van der Waals surface area contributed by atoms with Gasteiger partial charge >= 0.3 is 5.97 Å². The molecule has 6 nitrogen and oxygen atoms in total. The molecule has 1 aromatic carbocycles. The maximum Gasteiger partial charge on any atom is 0.326 e. The third-order valence-corrected chi connectivity index (χ3v) is 3.31. The number of carbonyl (C=O) groups is 2. The van der Waals surface area contributed by atoms with E-state index in [4.69, 9.17) is 9.47 Å². The quantitative estimate of drug-likeness (QED) is 0.638. The van der Waals surface area contributed by atoms with Gasteiger partial charge in [-0.2, -0.15) is 0 Å². The number of rotatable bonds is 10. The van der Waals surface area contributed by atoms with Crippen molar-refractivity contribution in [3.05, 3.63) is 35.1 Å². The third-order valence-electron chi connectivity index (χ3n) is 3.31. The van der Waals surface area contributed by atoms with E-state index in [1.165, 1.54) is 25.3 Å². The van der Waals surface area contributed by atoms with E-state index < -0.39 is 23.7 Å². The van der Waals surface area contributed by atoms with E-state index >= 15 is 0 Å². The van der Waals surface area contributed by atoms with Crippen molar-refractivity contribution >= 4 is 11.9 Å². The number of hydrogen-bond acceptors (Lipinski definition) is 4. The molecule has 0 aliphatic heterocycles. The number of aliphatic carboxylic acids is 1. The molecule has 1 aromatic rings. The van der Waals surface area contributed by atoms with Crippen LogP contribution >= 0.6 is 0 Å². The molecule has 0 bridgehead atoms. The van der Waals surface area contributed by atoms with E-state index in [2.05, 4.69) is 5.32 Å². The molecule has 1 atom stereocenters. The molecule has 7 heteroatoms. The van der Waals surface area contributed by atoms with Crippen molar-refractivity contribution in [2.45, 2.75) is 32.9 Å². The molecule has 0 radical (unpaired) electrons. The minimum atomic E-state index is -1.10. The van der Waals surface area contributed by atoms with Gasteiger partial charge in [0.25, 0.3) is 5.91 Å². The van der Waals surface area contributed by atoms with Gasteiger partial charge in [0, 0.05) is 18.2 Å². The van der Waals surface area contributed by atoms with Gasteiger partial charge in [0.05, 0.1) is 19.8 Å². The van der Waals surface area contributed by atoms with Gasteiger partial charge in [-0.05, 0) is 30.5 Å². The predicted molar refractivity (Wildman–Crippen MR) is 86.3 cm³/mol. The summed E-state index contributed by atoms with van der Waals surface area (Å²) in [6.45, 7) is 4.44. The number of carbonyl (C=O) groups excluding carboxylic acids is 1. The highest BCUT2D eigenvalue weighted by atomic mass is 19.1. The van der Waals surface area contributed by atoms with Crippen molar-refractivity contribution in [2.24, 2.45) is 5.92 Å². The normalized spacial score (nSPS) is 12.2. The summed E-state index contributed by atoms with van der Waals surface area (Å²) in [6, 6.07) is 2.87. The standard InChI is InChI=1S/C17H24FNO5/c1-11(2)8-15(17(21)22)19-16(20)12-4-5-14(18)13(9-12)10-24-7-6-23-3/h4-5,9,11,15H,6-8,10H2,1-3H3,(H,19,20)(H,21,22). The highest BCUT2D eigenvalue weighted by molar-refractivity contribution is 5.96. The smallest absolute Gasteiger partial charge is 0.326 e. The van der Waals surface area contributed by atoms with Crippen molar-refractivity contribution in [1.82, 2.24) is 5.32 Å². The number of amides is 1. The first-order valence-corrected chi connectivity index (χ1v) is 7.74. The number of halogens is 1. The molecule has 1 unspecified atom stereocenters. The number of hydrogen-bond donors (Lipinski definition) is 2. The van der Waals surface area contributed by atoms with Crippen LogP contribution < -0.4 is 5.32 Å². The van der Waals surface area contributed by atoms with Gasteiger partial charge in [-0.25, -0.2) is 9.18 Å². The first kappa shape index (κ1) is 20.1. The van der Waals surface area contributed by atoms with Gasteiger partial charge in [0.2, 0.25) is 0 Å². The Morgan fingerprint density at radius 3 is 2.58 bits per heavy atom. The summed E-state index contributed by atoms with van der Waals surface area (Å²) >= 11 is 0. The summed E-state index contributed by atoms with van der Waals surface area (Å²) in [5.74, 6) is -2.02. The molecule has 0 aliphatic rings. The number of nitrogens with one attached hydrogen (secondary N) is 1. The molecule has 1 amide bonds. The Bertz CT molecular complexity index is 562. The number of benzene rings is 1. The second kappa shape index (κ2) is 10.00. The first-order valence-electron chi connectivity index (χ1n) is 7.74. The second-order valence-electron chi connectivity index (χ2n) is 5.85. The zero-order chi connectivity index (χ0) is 18.1. The van der Waals surface area contributed by atoms with Gasteiger partial charge in [-0.15, -0.1) is 0 Å². The Labute approximate surface area is 141 Å². The number of carboxylic acid groups (broad SMARTS) is 1. The molecular weight excluding hydrogens is 317 g/mol. The fourth-order valence-electron chi connectivity index (χ4n) is 2.09. The minimum absolute atomic E-state index is 0.00463. The Hall–Kier alpha value is -1.99. The monoisotopic (exact) mass is 341 g/mol. The van der Waals surface area contributed by atoms with Crippen LogP contribution in [0.3, 0.4) is 0 Å². The van der Waals surface area contributed by atoms with Gasteiger partial charge in [-0.3, -0.25) is 4.79 Å². The average molecular weight is 341 g/mol. The second-order valence-corrected chi connectivity index (χ2v) is 5.85. The van der Waals surface area contributed by atoms with Crippen LogP contribution in [0.4, 0.5) is 4.39 Å². The molecule has 0 heterocycles. The summed E-state index contributed by atoms with van der Waals surface area (Å²) in [4.78, 5) is 23.4. The van der Waals surface area contributed by atoms with Crippen LogP contribution in [-0.2, 0) is 20.9 Å². The van der Waals surface area contributed by atoms with Crippen LogP contribution in [0.2, 0.25) is 0 Å². The topological polar surface area (TPSA) is 84.9 Å². The lowest BCUT2D eigenvalue weighted by atomic mass is 10.0. The molecule has 1 rings (SSSR count). The number of methoxy groups -OCH3 is 1. The first-order chi connectivity index (χ1) is 11.3. The SMILES string of the molecule is COCCOCc1cc(C(=O)NC(CC(C)C)C(=O)O)ccc1F. The summed E-state index contributed by atoms with van der Waals surface area (Å²) in [5.41, 5.74) is 0.422.